The molecule has 0 radical (unpaired) electrons. The van der Waals surface area contributed by atoms with Gasteiger partial charge in [-0.05, 0) is 0 Å². The smallest absolute Gasteiger partial charge is 0.246 e. The Morgan fingerprint density at radius 3 is 2.95 bits per heavy atom. The molecule has 0 unspecified atom stereocenters. The number of nitrogens with zero attached hydrogens (tertiary/aromatic N) is 4. The average Bonchev–Trinajstić information content (AvgIpc) is 2.88. The van der Waals surface area contributed by atoms with Crippen LogP contribution in [0, 0.1) is 0 Å². The van der Waals surface area contributed by atoms with Crippen LogP contribution >= 0.6 is 0 Å². The van der Waals surface area contributed by atoms with Crippen LogP contribution in [0.3, 0.4) is 0 Å². The summed E-state index contributed by atoms with van der Waals surface area (Å²) in [6, 6.07) is 0. The number of carbonyl (C=O) groups is 1. The number of rotatable bonds is 5. The zero-order chi connectivity index (χ0) is 13.9. The molecule has 0 aromatic carbocycles. The maximum absolute atomic E-state index is 11.6. The van der Waals surface area contributed by atoms with Gasteiger partial charge in [-0.15, -0.1) is 5.10 Å². The monoisotopic (exact) mass is 285 g/mol. The van der Waals surface area contributed by atoms with Crippen LogP contribution in [0.4, 0.5) is 11.5 Å². The number of nitrogens with one attached hydrogen (secondary N) is 3. The van der Waals surface area contributed by atoms with Gasteiger partial charge in [-0.1, -0.05) is 5.21 Å². The number of aromatic amines is 1. The van der Waals surface area contributed by atoms with Gasteiger partial charge < -0.3 is 5.32 Å². The Morgan fingerprint density at radius 2 is 2.32 bits per heavy atom. The molecule has 1 amide bonds. The minimum atomic E-state index is -3.41. The second-order valence-corrected chi connectivity index (χ2v) is 5.46. The van der Waals surface area contributed by atoms with Crippen molar-refractivity contribution in [2.45, 2.75) is 6.54 Å². The molecule has 2 aromatic heterocycles. The van der Waals surface area contributed by atoms with Crippen molar-refractivity contribution < 1.29 is 13.2 Å². The topological polar surface area (TPSA) is 135 Å². The minimum Gasteiger partial charge on any atom is -0.322 e. The third-order valence-electron chi connectivity index (χ3n) is 1.92. The lowest BCUT2D eigenvalue weighted by Crippen LogP contribution is -2.18. The number of carbonyl (C=O) groups excluding carboxylic acids is 1. The van der Waals surface area contributed by atoms with Crippen LogP contribution in [0.1, 0.15) is 0 Å². The van der Waals surface area contributed by atoms with Crippen LogP contribution in [0.25, 0.3) is 0 Å². The van der Waals surface area contributed by atoms with Crippen molar-refractivity contribution in [1.29, 1.82) is 0 Å². The summed E-state index contributed by atoms with van der Waals surface area (Å²) < 4.78 is 25.3. The van der Waals surface area contributed by atoms with Crippen molar-refractivity contribution in [2.24, 2.45) is 0 Å². The molecule has 2 aromatic rings. The van der Waals surface area contributed by atoms with Gasteiger partial charge in [-0.3, -0.25) is 14.6 Å². The van der Waals surface area contributed by atoms with Crippen LogP contribution in [-0.2, 0) is 21.4 Å². The van der Waals surface area contributed by atoms with E-state index in [0.717, 1.165) is 6.26 Å². The summed E-state index contributed by atoms with van der Waals surface area (Å²) in [4.78, 5) is 11.6. The highest BCUT2D eigenvalue weighted by Gasteiger charge is 2.09. The average molecular weight is 285 g/mol. The Hall–Kier alpha value is -2.43. The van der Waals surface area contributed by atoms with Gasteiger partial charge in [0.25, 0.3) is 0 Å². The van der Waals surface area contributed by atoms with Crippen molar-refractivity contribution in [3.63, 3.8) is 0 Å². The zero-order valence-electron chi connectivity index (χ0n) is 9.86. The molecule has 0 atom stereocenters. The predicted molar refractivity (Wildman–Crippen MR) is 65.7 cm³/mol. The van der Waals surface area contributed by atoms with E-state index in [0.29, 0.717) is 5.69 Å². The van der Waals surface area contributed by atoms with E-state index in [4.69, 9.17) is 0 Å². The lowest BCUT2D eigenvalue weighted by atomic mass is 10.5. The molecule has 10 nitrogen and oxygen atoms in total. The Balaban J connectivity index is 1.94. The van der Waals surface area contributed by atoms with Crippen LogP contribution in [-0.4, -0.2) is 45.8 Å². The third kappa shape index (κ3) is 4.06. The van der Waals surface area contributed by atoms with Gasteiger partial charge in [0.2, 0.25) is 15.9 Å². The van der Waals surface area contributed by atoms with E-state index in [9.17, 15) is 13.2 Å². The molecule has 0 spiro atoms. The van der Waals surface area contributed by atoms with Crippen LogP contribution < -0.4 is 10.0 Å². The molecular formula is C8H11N7O3S. The lowest BCUT2D eigenvalue weighted by molar-refractivity contribution is -0.116. The highest BCUT2D eigenvalue weighted by atomic mass is 32.2. The second kappa shape index (κ2) is 5.06. The molecule has 102 valence electrons. The quantitative estimate of drug-likeness (QED) is 0.645. The second-order valence-electron chi connectivity index (χ2n) is 3.71. The van der Waals surface area contributed by atoms with Gasteiger partial charge >= 0.3 is 0 Å². The van der Waals surface area contributed by atoms with Crippen molar-refractivity contribution in [3.8, 4) is 0 Å². The standard InChI is InChI=1S/C8H11N7O3S/c1-19(17,18)13-7-4-15(14-12-7)5-8(16)11-6-2-9-10-3-6/h2-4,13H,5H2,1H3,(H,9,10)(H,11,16). The van der Waals surface area contributed by atoms with E-state index in [2.05, 4.69) is 30.5 Å². The maximum Gasteiger partial charge on any atom is 0.246 e. The molecule has 0 bridgehead atoms. The molecule has 11 heteroatoms. The zero-order valence-corrected chi connectivity index (χ0v) is 10.7. The first kappa shape index (κ1) is 13.0. The number of sulfonamides is 1. The first-order chi connectivity index (χ1) is 8.92. The van der Waals surface area contributed by atoms with Crippen molar-refractivity contribution in [2.75, 3.05) is 16.3 Å². The molecule has 0 aliphatic carbocycles. The predicted octanol–water partition coefficient (Wildman–Crippen LogP) is -0.989. The van der Waals surface area contributed by atoms with E-state index in [-0.39, 0.29) is 18.3 Å². The molecular weight excluding hydrogens is 274 g/mol. The molecule has 0 fully saturated rings. The molecule has 0 saturated carbocycles. The maximum atomic E-state index is 11.6. The number of anilines is 2. The van der Waals surface area contributed by atoms with Crippen LogP contribution in [0.5, 0.6) is 0 Å². The molecule has 0 aliphatic rings. The molecule has 0 saturated heterocycles. The third-order valence-corrected chi connectivity index (χ3v) is 2.50. The van der Waals surface area contributed by atoms with Gasteiger partial charge in [0.15, 0.2) is 5.82 Å². The number of hydrogen-bond donors (Lipinski definition) is 3. The first-order valence-electron chi connectivity index (χ1n) is 5.09. The number of aromatic nitrogens is 5. The number of amides is 1. The summed E-state index contributed by atoms with van der Waals surface area (Å²) in [5, 5.41) is 16.0. The largest absolute Gasteiger partial charge is 0.322 e. The summed E-state index contributed by atoms with van der Waals surface area (Å²) in [6.45, 7) is -0.0936. The van der Waals surface area contributed by atoms with E-state index >= 15 is 0 Å². The van der Waals surface area contributed by atoms with Gasteiger partial charge in [-0.25, -0.2) is 13.1 Å². The molecule has 3 N–H and O–H groups in total. The lowest BCUT2D eigenvalue weighted by Gasteiger charge is -2.01. The summed E-state index contributed by atoms with van der Waals surface area (Å²) in [6.07, 6.45) is 5.29. The fraction of sp³-hybridized carbons (Fsp3) is 0.250. The Morgan fingerprint density at radius 1 is 1.53 bits per heavy atom. The number of H-pyrrole nitrogens is 1. The molecule has 19 heavy (non-hydrogen) atoms. The van der Waals surface area contributed by atoms with E-state index in [1.54, 1.807) is 0 Å². The van der Waals surface area contributed by atoms with Gasteiger partial charge in [-0.2, -0.15) is 5.10 Å². The fourth-order valence-electron chi connectivity index (χ4n) is 1.28. The molecule has 0 aliphatic heterocycles. The van der Waals surface area contributed by atoms with Gasteiger partial charge in [0.05, 0.1) is 24.3 Å². The van der Waals surface area contributed by atoms with Gasteiger partial charge in [0.1, 0.15) is 6.54 Å². The van der Waals surface area contributed by atoms with Crippen molar-refractivity contribution >= 4 is 27.4 Å². The summed E-state index contributed by atoms with van der Waals surface area (Å²) >= 11 is 0. The van der Waals surface area contributed by atoms with Crippen LogP contribution in [0.15, 0.2) is 18.6 Å². The fourth-order valence-corrected chi connectivity index (χ4v) is 1.75. The van der Waals surface area contributed by atoms with Crippen LogP contribution in [0.2, 0.25) is 0 Å². The molecule has 2 rings (SSSR count). The van der Waals surface area contributed by atoms with Crippen molar-refractivity contribution in [1.82, 2.24) is 25.2 Å². The van der Waals surface area contributed by atoms with E-state index in [1.807, 2.05) is 0 Å². The normalized spacial score (nSPS) is 11.2. The summed E-state index contributed by atoms with van der Waals surface area (Å²) in [7, 11) is -3.41. The SMILES string of the molecule is CS(=O)(=O)Nc1cn(CC(=O)Nc2cn[nH]c2)nn1. The highest BCUT2D eigenvalue weighted by molar-refractivity contribution is 7.92. The van der Waals surface area contributed by atoms with Crippen molar-refractivity contribution in [3.05, 3.63) is 18.6 Å². The summed E-state index contributed by atoms with van der Waals surface area (Å²) in [5.41, 5.74) is 0.527. The van der Waals surface area contributed by atoms with Gasteiger partial charge in [0, 0.05) is 6.20 Å². The Bertz CT molecular complexity index is 660. The van der Waals surface area contributed by atoms with E-state index in [1.165, 1.54) is 23.3 Å². The Kier molecular flexibility index (Phi) is 3.46. The number of hydrogen-bond acceptors (Lipinski definition) is 6. The molecule has 2 heterocycles. The first-order valence-corrected chi connectivity index (χ1v) is 6.98. The van der Waals surface area contributed by atoms with E-state index < -0.39 is 10.0 Å². The minimum absolute atomic E-state index is 0.0543. The Labute approximate surface area is 108 Å². The summed E-state index contributed by atoms with van der Waals surface area (Å²) in [5.74, 6) is -0.282. The highest BCUT2D eigenvalue weighted by Crippen LogP contribution is 2.04.